The predicted molar refractivity (Wildman–Crippen MR) is 70.8 cm³/mol. The number of rotatable bonds is 3. The Kier molecular flexibility index (Phi) is 3.47. The smallest absolute Gasteiger partial charge is 0.223 e. The Labute approximate surface area is 110 Å². The van der Waals surface area contributed by atoms with Crippen molar-refractivity contribution in [2.24, 2.45) is 5.14 Å². The molecule has 0 fully saturated rings. The van der Waals surface area contributed by atoms with E-state index >= 15 is 0 Å². The summed E-state index contributed by atoms with van der Waals surface area (Å²) in [7, 11) is -3.77. The summed E-state index contributed by atoms with van der Waals surface area (Å²) in [5, 5.41) is 4.99. The van der Waals surface area contributed by atoms with Crippen LogP contribution >= 0.6 is 11.5 Å². The zero-order chi connectivity index (χ0) is 13.3. The molecule has 0 bridgehead atoms. The van der Waals surface area contributed by atoms with Gasteiger partial charge in [0.25, 0.3) is 10.0 Å². The van der Waals surface area contributed by atoms with Crippen LogP contribution in [0.5, 0.6) is 0 Å². The van der Waals surface area contributed by atoms with Crippen molar-refractivity contribution in [1.82, 2.24) is 9.36 Å². The summed E-state index contributed by atoms with van der Waals surface area (Å²) in [6.45, 7) is 4.21. The molecule has 1 aromatic carbocycles. The molecule has 0 amide bonds. The van der Waals surface area contributed by atoms with Crippen molar-refractivity contribution >= 4 is 21.6 Å². The third-order valence-corrected chi connectivity index (χ3v) is 4.50. The van der Waals surface area contributed by atoms with Crippen molar-refractivity contribution in [3.05, 3.63) is 29.8 Å². The quantitative estimate of drug-likeness (QED) is 0.933. The Morgan fingerprint density at radius 2 is 1.83 bits per heavy atom. The van der Waals surface area contributed by atoms with Gasteiger partial charge in [0.05, 0.1) is 0 Å². The van der Waals surface area contributed by atoms with Crippen molar-refractivity contribution in [1.29, 1.82) is 0 Å². The summed E-state index contributed by atoms with van der Waals surface area (Å²) in [5.74, 6) is 0.835. The Morgan fingerprint density at radius 3 is 2.28 bits per heavy atom. The number of nitrogens with two attached hydrogens (primary N) is 1. The maximum absolute atomic E-state index is 11.1. The van der Waals surface area contributed by atoms with Gasteiger partial charge in [0.15, 0.2) is 5.82 Å². The molecule has 0 aliphatic carbocycles. The van der Waals surface area contributed by atoms with Gasteiger partial charge in [-0.25, -0.2) is 18.5 Å². The van der Waals surface area contributed by atoms with Gasteiger partial charge in [0.2, 0.25) is 4.34 Å². The molecule has 0 aliphatic heterocycles. The van der Waals surface area contributed by atoms with Crippen LogP contribution in [0.25, 0.3) is 11.4 Å². The predicted octanol–water partition coefficient (Wildman–Crippen LogP) is 1.98. The average molecular weight is 283 g/mol. The van der Waals surface area contributed by atoms with Crippen LogP contribution < -0.4 is 5.14 Å². The summed E-state index contributed by atoms with van der Waals surface area (Å²) in [6.07, 6.45) is 0. The number of primary sulfonamides is 1. The highest BCUT2D eigenvalue weighted by molar-refractivity contribution is 7.91. The van der Waals surface area contributed by atoms with E-state index < -0.39 is 10.0 Å². The normalized spacial score (nSPS) is 12.0. The summed E-state index contributed by atoms with van der Waals surface area (Å²) < 4.78 is 26.1. The largest absolute Gasteiger partial charge is 0.266 e. The maximum atomic E-state index is 11.1. The number of benzene rings is 1. The zero-order valence-electron chi connectivity index (χ0n) is 9.99. The standard InChI is InChI=1S/C11H13N3O2S2/c1-7(2)8-3-5-9(6-4-8)10-13-11(17-14-10)18(12,15)16/h3-7H,1-2H3,(H2,12,15,16). The highest BCUT2D eigenvalue weighted by Gasteiger charge is 2.15. The number of aromatic nitrogens is 2. The van der Waals surface area contributed by atoms with Crippen LogP contribution in [-0.2, 0) is 10.0 Å². The van der Waals surface area contributed by atoms with Crippen LogP contribution in [0.1, 0.15) is 25.3 Å². The van der Waals surface area contributed by atoms with Crippen LogP contribution in [-0.4, -0.2) is 17.8 Å². The van der Waals surface area contributed by atoms with Crippen molar-refractivity contribution in [3.63, 3.8) is 0 Å². The van der Waals surface area contributed by atoms with E-state index in [2.05, 4.69) is 23.2 Å². The van der Waals surface area contributed by atoms with Gasteiger partial charge in [-0.1, -0.05) is 38.1 Å². The summed E-state index contributed by atoms with van der Waals surface area (Å²) in [6, 6.07) is 7.73. The Hall–Kier alpha value is -1.31. The molecule has 96 valence electrons. The summed E-state index contributed by atoms with van der Waals surface area (Å²) in [4.78, 5) is 3.92. The SMILES string of the molecule is CC(C)c1ccc(-c2nsc(S(N)(=O)=O)n2)cc1. The molecule has 0 saturated carbocycles. The minimum absolute atomic E-state index is 0.162. The van der Waals surface area contributed by atoms with Crippen LogP contribution in [0.3, 0.4) is 0 Å². The van der Waals surface area contributed by atoms with Crippen LogP contribution in [0.2, 0.25) is 0 Å². The van der Waals surface area contributed by atoms with Crippen LogP contribution in [0.4, 0.5) is 0 Å². The van der Waals surface area contributed by atoms with E-state index in [1.807, 2.05) is 24.3 Å². The molecule has 2 N–H and O–H groups in total. The minimum atomic E-state index is -3.77. The first kappa shape index (κ1) is 13.1. The summed E-state index contributed by atoms with van der Waals surface area (Å²) >= 11 is 0.788. The van der Waals surface area contributed by atoms with Gasteiger partial charge < -0.3 is 0 Å². The second-order valence-electron chi connectivity index (χ2n) is 4.21. The minimum Gasteiger partial charge on any atom is -0.223 e. The molecule has 0 unspecified atom stereocenters. The molecule has 1 aromatic heterocycles. The van der Waals surface area contributed by atoms with E-state index in [0.717, 1.165) is 17.1 Å². The lowest BCUT2D eigenvalue weighted by Crippen LogP contribution is -2.11. The van der Waals surface area contributed by atoms with Gasteiger partial charge in [0.1, 0.15) is 0 Å². The van der Waals surface area contributed by atoms with E-state index in [9.17, 15) is 8.42 Å². The number of hydrogen-bond acceptors (Lipinski definition) is 5. The molecule has 0 radical (unpaired) electrons. The average Bonchev–Trinajstić information content (AvgIpc) is 2.78. The van der Waals surface area contributed by atoms with E-state index in [1.165, 1.54) is 5.56 Å². The molecule has 2 rings (SSSR count). The molecule has 7 heteroatoms. The fraction of sp³-hybridized carbons (Fsp3) is 0.273. The van der Waals surface area contributed by atoms with Gasteiger partial charge in [-0.3, -0.25) is 0 Å². The van der Waals surface area contributed by atoms with E-state index in [1.54, 1.807) is 0 Å². The third-order valence-electron chi connectivity index (χ3n) is 2.49. The second kappa shape index (κ2) is 4.75. The molecule has 18 heavy (non-hydrogen) atoms. The van der Waals surface area contributed by atoms with Crippen molar-refractivity contribution in [2.75, 3.05) is 0 Å². The Balaban J connectivity index is 2.35. The molecular formula is C11H13N3O2S2. The van der Waals surface area contributed by atoms with Crippen LogP contribution in [0.15, 0.2) is 28.6 Å². The van der Waals surface area contributed by atoms with Crippen molar-refractivity contribution in [2.45, 2.75) is 24.1 Å². The van der Waals surface area contributed by atoms with Gasteiger partial charge >= 0.3 is 0 Å². The highest BCUT2D eigenvalue weighted by Crippen LogP contribution is 2.22. The van der Waals surface area contributed by atoms with E-state index in [4.69, 9.17) is 5.14 Å². The lowest BCUT2D eigenvalue weighted by molar-refractivity contribution is 0.597. The summed E-state index contributed by atoms with van der Waals surface area (Å²) in [5.41, 5.74) is 1.99. The van der Waals surface area contributed by atoms with Gasteiger partial charge in [-0.05, 0) is 23.0 Å². The monoisotopic (exact) mass is 283 g/mol. The molecule has 5 nitrogen and oxygen atoms in total. The lowest BCUT2D eigenvalue weighted by atomic mass is 10.0. The molecule has 0 aliphatic rings. The Morgan fingerprint density at radius 1 is 1.22 bits per heavy atom. The fourth-order valence-electron chi connectivity index (χ4n) is 1.46. The first-order valence-corrected chi connectivity index (χ1v) is 7.67. The topological polar surface area (TPSA) is 85.9 Å². The van der Waals surface area contributed by atoms with E-state index in [0.29, 0.717) is 11.7 Å². The van der Waals surface area contributed by atoms with Crippen LogP contribution in [0, 0.1) is 0 Å². The first-order valence-electron chi connectivity index (χ1n) is 5.35. The maximum Gasteiger partial charge on any atom is 0.266 e. The fourth-order valence-corrected chi connectivity index (χ4v) is 2.64. The first-order chi connectivity index (χ1) is 8.38. The molecule has 0 atom stereocenters. The molecule has 0 saturated heterocycles. The molecule has 1 heterocycles. The van der Waals surface area contributed by atoms with E-state index in [-0.39, 0.29) is 4.34 Å². The molecule has 2 aromatic rings. The molecular weight excluding hydrogens is 270 g/mol. The number of nitrogens with zero attached hydrogens (tertiary/aromatic N) is 2. The lowest BCUT2D eigenvalue weighted by Gasteiger charge is -2.04. The van der Waals surface area contributed by atoms with Gasteiger partial charge in [-0.2, -0.15) is 4.37 Å². The third kappa shape index (κ3) is 2.74. The molecule has 0 spiro atoms. The van der Waals surface area contributed by atoms with Crippen molar-refractivity contribution < 1.29 is 8.42 Å². The number of hydrogen-bond donors (Lipinski definition) is 1. The highest BCUT2D eigenvalue weighted by atomic mass is 32.2. The Bertz CT molecular complexity index is 645. The van der Waals surface area contributed by atoms with Gasteiger partial charge in [0, 0.05) is 5.56 Å². The second-order valence-corrected chi connectivity index (χ2v) is 6.69. The van der Waals surface area contributed by atoms with Crippen molar-refractivity contribution in [3.8, 4) is 11.4 Å². The van der Waals surface area contributed by atoms with Gasteiger partial charge in [-0.15, -0.1) is 0 Å². The number of sulfonamides is 1. The zero-order valence-corrected chi connectivity index (χ0v) is 11.6.